The Balaban J connectivity index is 1.65. The van der Waals surface area contributed by atoms with Gasteiger partial charge >= 0.3 is 0 Å². The van der Waals surface area contributed by atoms with Gasteiger partial charge in [-0.15, -0.1) is 0 Å². The van der Waals surface area contributed by atoms with E-state index in [9.17, 15) is 0 Å². The lowest BCUT2D eigenvalue weighted by molar-refractivity contribution is 0.205. The third-order valence-corrected chi connectivity index (χ3v) is 4.49. The van der Waals surface area contributed by atoms with Crippen LogP contribution in [-0.2, 0) is 6.54 Å². The van der Waals surface area contributed by atoms with Crippen LogP contribution in [0.5, 0.6) is 0 Å². The molecule has 1 saturated heterocycles. The van der Waals surface area contributed by atoms with Gasteiger partial charge in [0.25, 0.3) is 0 Å². The molecule has 2 heteroatoms. The van der Waals surface area contributed by atoms with Gasteiger partial charge in [0.1, 0.15) is 0 Å². The fourth-order valence-electron chi connectivity index (χ4n) is 3.21. The van der Waals surface area contributed by atoms with Gasteiger partial charge in [0.15, 0.2) is 0 Å². The predicted octanol–water partition coefficient (Wildman–Crippen LogP) is 4.00. The number of benzene rings is 2. The van der Waals surface area contributed by atoms with Crippen LogP contribution in [0.4, 0.5) is 0 Å². The highest BCUT2D eigenvalue weighted by Gasteiger charge is 2.17. The van der Waals surface area contributed by atoms with Crippen molar-refractivity contribution in [1.82, 2.24) is 10.2 Å². The van der Waals surface area contributed by atoms with Gasteiger partial charge in [-0.1, -0.05) is 67.1 Å². The monoisotopic (exact) mass is 294 g/mol. The molecule has 2 aromatic carbocycles. The molecule has 0 unspecified atom stereocenters. The zero-order chi connectivity index (χ0) is 15.0. The van der Waals surface area contributed by atoms with Crippen LogP contribution in [0.1, 0.15) is 36.4 Å². The van der Waals surface area contributed by atoms with Gasteiger partial charge < -0.3 is 10.2 Å². The molecule has 2 nitrogen and oxygen atoms in total. The summed E-state index contributed by atoms with van der Waals surface area (Å²) in [5.74, 6) is 0. The number of likely N-dealkylation sites (tertiary alicyclic amines) is 1. The van der Waals surface area contributed by atoms with Crippen LogP contribution < -0.4 is 5.32 Å². The first-order chi connectivity index (χ1) is 10.9. The van der Waals surface area contributed by atoms with Crippen LogP contribution in [-0.4, -0.2) is 24.5 Å². The molecule has 1 N–H and O–H groups in total. The van der Waals surface area contributed by atoms with Crippen LogP contribution in [0.2, 0.25) is 0 Å². The molecule has 1 heterocycles. The minimum Gasteiger partial charge on any atom is -0.305 e. The zero-order valence-corrected chi connectivity index (χ0v) is 13.2. The van der Waals surface area contributed by atoms with Gasteiger partial charge in [0.05, 0.1) is 0 Å². The molecule has 116 valence electrons. The molecular formula is C20H26N2. The minimum atomic E-state index is 0.402. The first-order valence-corrected chi connectivity index (χ1v) is 8.46. The summed E-state index contributed by atoms with van der Waals surface area (Å²) in [7, 11) is 0. The van der Waals surface area contributed by atoms with Crippen molar-refractivity contribution in [2.24, 2.45) is 0 Å². The van der Waals surface area contributed by atoms with E-state index in [0.717, 1.165) is 13.1 Å². The Bertz CT molecular complexity index is 532. The second kappa shape index (κ2) is 8.11. The number of nitrogens with zero attached hydrogens (tertiary/aromatic N) is 1. The molecule has 0 aromatic heterocycles. The van der Waals surface area contributed by atoms with Crippen molar-refractivity contribution in [3.8, 4) is 0 Å². The number of hydrogen-bond donors (Lipinski definition) is 1. The maximum absolute atomic E-state index is 3.76. The molecule has 1 fully saturated rings. The van der Waals surface area contributed by atoms with E-state index < -0.39 is 0 Å². The van der Waals surface area contributed by atoms with Crippen LogP contribution in [0.15, 0.2) is 60.7 Å². The molecule has 1 atom stereocenters. The molecule has 3 rings (SSSR count). The van der Waals surface area contributed by atoms with E-state index in [1.54, 1.807) is 0 Å². The number of nitrogens with one attached hydrogen (secondary N) is 1. The molecule has 0 saturated carbocycles. The number of piperidine rings is 1. The summed E-state index contributed by atoms with van der Waals surface area (Å²) in [6.07, 6.45) is 4.09. The van der Waals surface area contributed by atoms with Gasteiger partial charge in [0.2, 0.25) is 0 Å². The maximum atomic E-state index is 3.76. The van der Waals surface area contributed by atoms with Crippen molar-refractivity contribution in [2.45, 2.75) is 31.8 Å². The fraction of sp³-hybridized carbons (Fsp3) is 0.400. The van der Waals surface area contributed by atoms with Crippen molar-refractivity contribution in [2.75, 3.05) is 19.6 Å². The lowest BCUT2D eigenvalue weighted by atomic mass is 10.0. The lowest BCUT2D eigenvalue weighted by Gasteiger charge is -2.31. The fourth-order valence-corrected chi connectivity index (χ4v) is 3.21. The second-order valence-corrected chi connectivity index (χ2v) is 6.19. The third kappa shape index (κ3) is 4.43. The molecule has 0 radical (unpaired) electrons. The number of hydrogen-bond acceptors (Lipinski definition) is 2. The SMILES string of the molecule is c1ccc(CN[C@@H](CN2CCCCC2)c2ccccc2)cc1. The van der Waals surface area contributed by atoms with Gasteiger partial charge in [-0.2, -0.15) is 0 Å². The molecular weight excluding hydrogens is 268 g/mol. The first kappa shape index (κ1) is 15.3. The highest BCUT2D eigenvalue weighted by Crippen LogP contribution is 2.18. The minimum absolute atomic E-state index is 0.402. The molecule has 1 aliphatic rings. The number of rotatable bonds is 6. The van der Waals surface area contributed by atoms with Crippen molar-refractivity contribution in [3.63, 3.8) is 0 Å². The van der Waals surface area contributed by atoms with Crippen molar-refractivity contribution in [1.29, 1.82) is 0 Å². The smallest absolute Gasteiger partial charge is 0.0451 e. The Labute approximate surface area is 134 Å². The van der Waals surface area contributed by atoms with Gasteiger partial charge in [0, 0.05) is 19.1 Å². The van der Waals surface area contributed by atoms with E-state index in [0.29, 0.717) is 6.04 Å². The molecule has 0 aliphatic carbocycles. The molecule has 0 bridgehead atoms. The Morgan fingerprint density at radius 1 is 0.818 bits per heavy atom. The Morgan fingerprint density at radius 3 is 2.14 bits per heavy atom. The summed E-state index contributed by atoms with van der Waals surface area (Å²) < 4.78 is 0. The Hall–Kier alpha value is -1.64. The summed E-state index contributed by atoms with van der Waals surface area (Å²) in [6.45, 7) is 4.53. The highest BCUT2D eigenvalue weighted by atomic mass is 15.2. The topological polar surface area (TPSA) is 15.3 Å². The van der Waals surface area contributed by atoms with Gasteiger partial charge in [-0.25, -0.2) is 0 Å². The predicted molar refractivity (Wildman–Crippen MR) is 92.8 cm³/mol. The van der Waals surface area contributed by atoms with Gasteiger partial charge in [-0.3, -0.25) is 0 Å². The van der Waals surface area contributed by atoms with Crippen LogP contribution in [0.3, 0.4) is 0 Å². The molecule has 0 spiro atoms. The third-order valence-electron chi connectivity index (χ3n) is 4.49. The van der Waals surface area contributed by atoms with Crippen LogP contribution in [0, 0.1) is 0 Å². The van der Waals surface area contributed by atoms with Crippen LogP contribution in [0.25, 0.3) is 0 Å². The zero-order valence-electron chi connectivity index (χ0n) is 13.2. The summed E-state index contributed by atoms with van der Waals surface area (Å²) in [5, 5.41) is 3.76. The second-order valence-electron chi connectivity index (χ2n) is 6.19. The van der Waals surface area contributed by atoms with E-state index >= 15 is 0 Å². The van der Waals surface area contributed by atoms with E-state index in [1.165, 1.54) is 43.5 Å². The van der Waals surface area contributed by atoms with Crippen LogP contribution >= 0.6 is 0 Å². The normalized spacial score (nSPS) is 17.3. The van der Waals surface area contributed by atoms with Crippen molar-refractivity contribution >= 4 is 0 Å². The largest absolute Gasteiger partial charge is 0.305 e. The summed E-state index contributed by atoms with van der Waals surface area (Å²) in [5.41, 5.74) is 2.74. The molecule has 22 heavy (non-hydrogen) atoms. The summed E-state index contributed by atoms with van der Waals surface area (Å²) in [6, 6.07) is 21.9. The average molecular weight is 294 g/mol. The first-order valence-electron chi connectivity index (χ1n) is 8.46. The summed E-state index contributed by atoms with van der Waals surface area (Å²) in [4.78, 5) is 2.61. The van der Waals surface area contributed by atoms with E-state index in [-0.39, 0.29) is 0 Å². The summed E-state index contributed by atoms with van der Waals surface area (Å²) >= 11 is 0. The lowest BCUT2D eigenvalue weighted by Crippen LogP contribution is -2.38. The molecule has 2 aromatic rings. The van der Waals surface area contributed by atoms with Crippen molar-refractivity contribution < 1.29 is 0 Å². The van der Waals surface area contributed by atoms with E-state index in [1.807, 2.05) is 0 Å². The van der Waals surface area contributed by atoms with Crippen molar-refractivity contribution in [3.05, 3.63) is 71.8 Å². The Morgan fingerprint density at radius 2 is 1.45 bits per heavy atom. The average Bonchev–Trinajstić information content (AvgIpc) is 2.61. The quantitative estimate of drug-likeness (QED) is 0.866. The van der Waals surface area contributed by atoms with Gasteiger partial charge in [-0.05, 0) is 37.1 Å². The molecule has 0 amide bonds. The highest BCUT2D eigenvalue weighted by molar-refractivity contribution is 5.20. The maximum Gasteiger partial charge on any atom is 0.0451 e. The van der Waals surface area contributed by atoms with E-state index in [4.69, 9.17) is 0 Å². The standard InChI is InChI=1S/C20H26N2/c1-4-10-18(11-5-1)16-21-20(19-12-6-2-7-13-19)17-22-14-8-3-9-15-22/h1-2,4-7,10-13,20-21H,3,8-9,14-17H2/t20-/m0/s1. The van der Waals surface area contributed by atoms with E-state index in [2.05, 4.69) is 70.9 Å². The Kier molecular flexibility index (Phi) is 5.63. The molecule has 1 aliphatic heterocycles.